The zero-order chi connectivity index (χ0) is 15.0. The predicted molar refractivity (Wildman–Crippen MR) is 89.3 cm³/mol. The maximum Gasteiger partial charge on any atom is 0.272 e. The summed E-state index contributed by atoms with van der Waals surface area (Å²) in [4.78, 5) is 26.1. The molecular formula is C14H12BrN3O2S. The average Bonchev–Trinajstić information content (AvgIpc) is 2.79. The van der Waals surface area contributed by atoms with Gasteiger partial charge in [0.25, 0.3) is 11.1 Å². The second-order valence-electron chi connectivity index (χ2n) is 4.61. The lowest BCUT2D eigenvalue weighted by Gasteiger charge is -2.07. The Labute approximate surface area is 132 Å². The van der Waals surface area contributed by atoms with Crippen molar-refractivity contribution in [3.8, 4) is 0 Å². The van der Waals surface area contributed by atoms with Crippen LogP contribution >= 0.6 is 27.3 Å². The van der Waals surface area contributed by atoms with Gasteiger partial charge in [0.2, 0.25) is 0 Å². The molecule has 2 heterocycles. The van der Waals surface area contributed by atoms with Crippen LogP contribution in [-0.4, -0.2) is 10.2 Å². The second kappa shape index (κ2) is 5.50. The van der Waals surface area contributed by atoms with Crippen LogP contribution in [0.2, 0.25) is 0 Å². The van der Waals surface area contributed by atoms with Crippen LogP contribution in [0.1, 0.15) is 9.75 Å². The summed E-state index contributed by atoms with van der Waals surface area (Å²) in [5.41, 5.74) is 0.0428. The molecule has 0 saturated heterocycles. The summed E-state index contributed by atoms with van der Waals surface area (Å²) in [6, 6.07) is 7.25. The van der Waals surface area contributed by atoms with E-state index in [-0.39, 0.29) is 11.1 Å². The number of halogens is 1. The van der Waals surface area contributed by atoms with Crippen LogP contribution in [-0.2, 0) is 6.54 Å². The van der Waals surface area contributed by atoms with E-state index in [1.165, 1.54) is 4.88 Å². The quantitative estimate of drug-likeness (QED) is 0.667. The third-order valence-corrected chi connectivity index (χ3v) is 5.32. The van der Waals surface area contributed by atoms with Crippen molar-refractivity contribution in [2.75, 3.05) is 5.32 Å². The molecule has 3 rings (SSSR count). The standard InChI is InChI=1S/C14H12BrN3O2S/c1-7-10(15)5-8(21-7)6-16-11-4-2-3-9-12(11)14(20)18-17-13(9)19/h2-5,16H,6H2,1H3,(H,17,19)(H,18,20). The third-order valence-electron chi connectivity index (χ3n) is 3.19. The Hall–Kier alpha value is -1.86. The van der Waals surface area contributed by atoms with E-state index in [2.05, 4.69) is 37.5 Å². The molecule has 0 radical (unpaired) electrons. The summed E-state index contributed by atoms with van der Waals surface area (Å²) in [5.74, 6) is 0. The highest BCUT2D eigenvalue weighted by atomic mass is 79.9. The number of aryl methyl sites for hydroxylation is 1. The van der Waals surface area contributed by atoms with Gasteiger partial charge >= 0.3 is 0 Å². The molecule has 2 aromatic heterocycles. The number of aromatic nitrogens is 2. The van der Waals surface area contributed by atoms with E-state index < -0.39 is 0 Å². The lowest BCUT2D eigenvalue weighted by atomic mass is 10.1. The lowest BCUT2D eigenvalue weighted by molar-refractivity contribution is 0.976. The number of hydrogen-bond acceptors (Lipinski definition) is 4. The van der Waals surface area contributed by atoms with E-state index in [9.17, 15) is 9.59 Å². The lowest BCUT2D eigenvalue weighted by Crippen LogP contribution is -2.20. The topological polar surface area (TPSA) is 77.8 Å². The zero-order valence-corrected chi connectivity index (χ0v) is 13.5. The molecule has 5 nitrogen and oxygen atoms in total. The van der Waals surface area contributed by atoms with Crippen LogP contribution in [0.25, 0.3) is 10.8 Å². The van der Waals surface area contributed by atoms with Gasteiger partial charge in [0.05, 0.1) is 10.8 Å². The van der Waals surface area contributed by atoms with E-state index in [4.69, 9.17) is 0 Å². The molecule has 7 heteroatoms. The Morgan fingerprint density at radius 2 is 2.00 bits per heavy atom. The molecule has 0 atom stereocenters. The maximum atomic E-state index is 12.0. The molecular weight excluding hydrogens is 354 g/mol. The van der Waals surface area contributed by atoms with Crippen LogP contribution in [0, 0.1) is 6.92 Å². The predicted octanol–water partition coefficient (Wildman–Crippen LogP) is 2.96. The molecule has 3 aromatic rings. The molecule has 0 aliphatic carbocycles. The number of fused-ring (bicyclic) bond motifs is 1. The van der Waals surface area contributed by atoms with Gasteiger partial charge < -0.3 is 5.32 Å². The molecule has 1 aromatic carbocycles. The summed E-state index contributed by atoms with van der Waals surface area (Å²) in [5, 5.41) is 8.68. The normalized spacial score (nSPS) is 11.0. The first-order valence-corrected chi connectivity index (χ1v) is 7.89. The van der Waals surface area contributed by atoms with Crippen molar-refractivity contribution in [3.05, 3.63) is 59.2 Å². The monoisotopic (exact) mass is 365 g/mol. The second-order valence-corrected chi connectivity index (χ2v) is 6.80. The molecule has 3 N–H and O–H groups in total. The minimum absolute atomic E-state index is 0.303. The first-order valence-electron chi connectivity index (χ1n) is 6.28. The number of nitrogens with one attached hydrogen (secondary N) is 3. The number of H-pyrrole nitrogens is 2. The fraction of sp³-hybridized carbons (Fsp3) is 0.143. The smallest absolute Gasteiger partial charge is 0.272 e. The zero-order valence-electron chi connectivity index (χ0n) is 11.1. The number of benzene rings is 1. The van der Waals surface area contributed by atoms with Crippen molar-refractivity contribution in [1.82, 2.24) is 10.2 Å². The van der Waals surface area contributed by atoms with E-state index >= 15 is 0 Å². The number of aromatic amines is 2. The van der Waals surface area contributed by atoms with Crippen LogP contribution in [0.3, 0.4) is 0 Å². The summed E-state index contributed by atoms with van der Waals surface area (Å²) in [6.07, 6.45) is 0. The highest BCUT2D eigenvalue weighted by Crippen LogP contribution is 2.27. The first kappa shape index (κ1) is 14.1. The van der Waals surface area contributed by atoms with Gasteiger partial charge in [-0.15, -0.1) is 11.3 Å². The average molecular weight is 366 g/mol. The van der Waals surface area contributed by atoms with Gasteiger partial charge in [-0.25, -0.2) is 0 Å². The number of hydrogen-bond donors (Lipinski definition) is 3. The molecule has 0 unspecified atom stereocenters. The molecule has 21 heavy (non-hydrogen) atoms. The van der Waals surface area contributed by atoms with Crippen molar-refractivity contribution in [2.24, 2.45) is 0 Å². The summed E-state index contributed by atoms with van der Waals surface area (Å²) >= 11 is 5.17. The molecule has 0 amide bonds. The minimum Gasteiger partial charge on any atom is -0.379 e. The fourth-order valence-electron chi connectivity index (χ4n) is 2.16. The molecule has 0 aliphatic heterocycles. The Morgan fingerprint density at radius 3 is 2.71 bits per heavy atom. The first-order chi connectivity index (χ1) is 10.1. The molecule has 108 valence electrons. The Kier molecular flexibility index (Phi) is 3.69. The largest absolute Gasteiger partial charge is 0.379 e. The van der Waals surface area contributed by atoms with E-state index in [1.54, 1.807) is 29.5 Å². The number of anilines is 1. The van der Waals surface area contributed by atoms with Gasteiger partial charge in [0.1, 0.15) is 0 Å². The molecule has 0 fully saturated rings. The maximum absolute atomic E-state index is 12.0. The Balaban J connectivity index is 1.99. The van der Waals surface area contributed by atoms with Crippen molar-refractivity contribution in [2.45, 2.75) is 13.5 Å². The van der Waals surface area contributed by atoms with E-state index in [0.29, 0.717) is 23.0 Å². The van der Waals surface area contributed by atoms with Crippen molar-refractivity contribution in [3.63, 3.8) is 0 Å². The van der Waals surface area contributed by atoms with Gasteiger partial charge in [-0.05, 0) is 41.1 Å². The summed E-state index contributed by atoms with van der Waals surface area (Å²) < 4.78 is 1.08. The van der Waals surface area contributed by atoms with Gasteiger partial charge in [0, 0.05) is 26.5 Å². The minimum atomic E-state index is -0.309. The Morgan fingerprint density at radius 1 is 1.24 bits per heavy atom. The van der Waals surface area contributed by atoms with Crippen molar-refractivity contribution in [1.29, 1.82) is 0 Å². The highest BCUT2D eigenvalue weighted by molar-refractivity contribution is 9.10. The number of thiophene rings is 1. The molecule has 0 bridgehead atoms. The van der Waals surface area contributed by atoms with Gasteiger partial charge in [-0.2, -0.15) is 0 Å². The SMILES string of the molecule is Cc1sc(CNc2cccc3c(=O)[nH][nH]c(=O)c23)cc1Br. The van der Waals surface area contributed by atoms with Crippen LogP contribution in [0.15, 0.2) is 38.3 Å². The molecule has 0 spiro atoms. The van der Waals surface area contributed by atoms with Crippen LogP contribution in [0.5, 0.6) is 0 Å². The third kappa shape index (κ3) is 2.66. The van der Waals surface area contributed by atoms with Crippen LogP contribution in [0.4, 0.5) is 5.69 Å². The Bertz CT molecular complexity index is 906. The molecule has 0 saturated carbocycles. The highest BCUT2D eigenvalue weighted by Gasteiger charge is 2.09. The number of rotatable bonds is 3. The van der Waals surface area contributed by atoms with Crippen molar-refractivity contribution >= 4 is 43.7 Å². The van der Waals surface area contributed by atoms with Gasteiger partial charge in [0.15, 0.2) is 0 Å². The van der Waals surface area contributed by atoms with E-state index in [1.807, 2.05) is 6.92 Å². The summed E-state index contributed by atoms with van der Waals surface area (Å²) in [6.45, 7) is 2.64. The van der Waals surface area contributed by atoms with Gasteiger partial charge in [-0.1, -0.05) is 6.07 Å². The fourth-order valence-corrected chi connectivity index (χ4v) is 3.71. The van der Waals surface area contributed by atoms with Crippen LogP contribution < -0.4 is 16.4 Å². The van der Waals surface area contributed by atoms with E-state index in [0.717, 1.165) is 9.35 Å². The molecule has 0 aliphatic rings. The summed E-state index contributed by atoms with van der Waals surface area (Å²) in [7, 11) is 0. The van der Waals surface area contributed by atoms with Gasteiger partial charge in [-0.3, -0.25) is 19.8 Å². The van der Waals surface area contributed by atoms with Crippen molar-refractivity contribution < 1.29 is 0 Å².